The van der Waals surface area contributed by atoms with Gasteiger partial charge in [0.15, 0.2) is 0 Å². The smallest absolute Gasteiger partial charge is 0.0631 e. The van der Waals surface area contributed by atoms with E-state index in [1.54, 1.807) is 0 Å². The number of alkyl halides is 1. The van der Waals surface area contributed by atoms with E-state index in [0.717, 1.165) is 21.2 Å². The van der Waals surface area contributed by atoms with Gasteiger partial charge in [0.05, 0.1) is 5.69 Å². The van der Waals surface area contributed by atoms with Gasteiger partial charge >= 0.3 is 0 Å². The number of benzene rings is 1. The van der Waals surface area contributed by atoms with Crippen LogP contribution in [0.25, 0.3) is 0 Å². The van der Waals surface area contributed by atoms with Gasteiger partial charge in [-0.2, -0.15) is 0 Å². The number of hydrogen-bond acceptors (Lipinski definition) is 1. The van der Waals surface area contributed by atoms with Crippen molar-refractivity contribution >= 4 is 49.1 Å². The summed E-state index contributed by atoms with van der Waals surface area (Å²) in [7, 11) is 0. The summed E-state index contributed by atoms with van der Waals surface area (Å²) in [5.74, 6) is 0.553. The zero-order valence-corrected chi connectivity index (χ0v) is 12.3. The van der Waals surface area contributed by atoms with Gasteiger partial charge in [-0.15, -0.1) is 11.6 Å². The van der Waals surface area contributed by atoms with Crippen LogP contribution in [-0.2, 0) is 0 Å². The average Bonchev–Trinajstić information content (AvgIpc) is 2.15. The van der Waals surface area contributed by atoms with E-state index in [2.05, 4.69) is 56.2 Å². The third-order valence-corrected chi connectivity index (χ3v) is 3.27. The fraction of sp³-hybridized carbons (Fsp3) is 0.273. The fourth-order valence-electron chi connectivity index (χ4n) is 1.18. The van der Waals surface area contributed by atoms with Crippen molar-refractivity contribution in [3.8, 4) is 0 Å². The number of halogens is 3. The Balaban J connectivity index is 2.72. The van der Waals surface area contributed by atoms with Gasteiger partial charge in [-0.1, -0.05) is 12.2 Å². The second-order valence-electron chi connectivity index (χ2n) is 3.11. The second-order valence-corrected chi connectivity index (χ2v) is 5.13. The minimum atomic E-state index is 0.553. The summed E-state index contributed by atoms with van der Waals surface area (Å²) in [6, 6.07) is 4.16. The monoisotopic (exact) mass is 351 g/mol. The quantitative estimate of drug-likeness (QED) is 0.610. The van der Waals surface area contributed by atoms with Gasteiger partial charge in [0.25, 0.3) is 0 Å². The Morgan fingerprint density at radius 1 is 1.27 bits per heavy atom. The standard InChI is InChI=1S/C11H12Br2ClN/c1-8-6-9(12)11(10(13)7-8)15-5-3-2-4-14/h2-3,6-7,15H,4-5H2,1H3/b3-2+. The summed E-state index contributed by atoms with van der Waals surface area (Å²) in [5, 5.41) is 3.30. The highest BCUT2D eigenvalue weighted by molar-refractivity contribution is 9.11. The number of anilines is 1. The molecule has 0 aliphatic carbocycles. The van der Waals surface area contributed by atoms with Crippen molar-refractivity contribution < 1.29 is 0 Å². The highest BCUT2D eigenvalue weighted by Gasteiger charge is 2.04. The molecular formula is C11H12Br2ClN. The van der Waals surface area contributed by atoms with Crippen molar-refractivity contribution in [1.29, 1.82) is 0 Å². The molecule has 4 heteroatoms. The van der Waals surface area contributed by atoms with Gasteiger partial charge in [-0.05, 0) is 56.5 Å². The summed E-state index contributed by atoms with van der Waals surface area (Å²) in [6.45, 7) is 2.83. The number of aryl methyl sites for hydroxylation is 1. The maximum absolute atomic E-state index is 5.53. The van der Waals surface area contributed by atoms with Crippen LogP contribution in [-0.4, -0.2) is 12.4 Å². The lowest BCUT2D eigenvalue weighted by Crippen LogP contribution is -2.00. The molecule has 0 fully saturated rings. The number of nitrogens with one attached hydrogen (secondary N) is 1. The molecule has 0 aromatic heterocycles. The SMILES string of the molecule is Cc1cc(Br)c(NC/C=C/CCl)c(Br)c1. The van der Waals surface area contributed by atoms with Gasteiger partial charge < -0.3 is 5.32 Å². The van der Waals surface area contributed by atoms with Gasteiger partial charge in [0, 0.05) is 21.4 Å². The van der Waals surface area contributed by atoms with E-state index in [0.29, 0.717) is 5.88 Å². The molecule has 0 aliphatic heterocycles. The molecule has 0 spiro atoms. The van der Waals surface area contributed by atoms with Crippen molar-refractivity contribution in [3.05, 3.63) is 38.8 Å². The molecule has 0 unspecified atom stereocenters. The van der Waals surface area contributed by atoms with Crippen LogP contribution < -0.4 is 5.32 Å². The van der Waals surface area contributed by atoms with Crippen LogP contribution in [0.4, 0.5) is 5.69 Å². The van der Waals surface area contributed by atoms with Crippen molar-refractivity contribution in [3.63, 3.8) is 0 Å². The molecule has 0 saturated carbocycles. The first-order chi connectivity index (χ1) is 7.15. The van der Waals surface area contributed by atoms with Crippen LogP contribution in [0.3, 0.4) is 0 Å². The van der Waals surface area contributed by atoms with Crippen LogP contribution in [0.1, 0.15) is 5.56 Å². The largest absolute Gasteiger partial charge is 0.380 e. The van der Waals surface area contributed by atoms with Crippen molar-refractivity contribution in [1.82, 2.24) is 0 Å². The molecule has 0 aliphatic rings. The molecule has 1 nitrogen and oxygen atoms in total. The van der Waals surface area contributed by atoms with Crippen LogP contribution in [0.5, 0.6) is 0 Å². The first kappa shape index (κ1) is 13.1. The van der Waals surface area contributed by atoms with E-state index in [9.17, 15) is 0 Å². The first-order valence-corrected chi connectivity index (χ1v) is 6.67. The molecule has 0 amide bonds. The molecule has 0 heterocycles. The predicted molar refractivity (Wildman–Crippen MR) is 74.9 cm³/mol. The van der Waals surface area contributed by atoms with Crippen LogP contribution >= 0.6 is 43.5 Å². The van der Waals surface area contributed by atoms with Crippen LogP contribution in [0, 0.1) is 6.92 Å². The summed E-state index contributed by atoms with van der Waals surface area (Å²) in [6.07, 6.45) is 3.93. The lowest BCUT2D eigenvalue weighted by Gasteiger charge is -2.09. The van der Waals surface area contributed by atoms with Gasteiger partial charge in [-0.3, -0.25) is 0 Å². The molecule has 1 aromatic carbocycles. The minimum Gasteiger partial charge on any atom is -0.380 e. The molecule has 0 atom stereocenters. The normalized spacial score (nSPS) is 10.9. The summed E-state index contributed by atoms with van der Waals surface area (Å²) < 4.78 is 2.13. The Morgan fingerprint density at radius 3 is 2.40 bits per heavy atom. The van der Waals surface area contributed by atoms with Gasteiger partial charge in [0.1, 0.15) is 0 Å². The van der Waals surface area contributed by atoms with Gasteiger partial charge in [-0.25, -0.2) is 0 Å². The minimum absolute atomic E-state index is 0.553. The van der Waals surface area contributed by atoms with E-state index < -0.39 is 0 Å². The Labute approximate surface area is 112 Å². The fourth-order valence-corrected chi connectivity index (χ4v) is 3.00. The highest BCUT2D eigenvalue weighted by atomic mass is 79.9. The summed E-state index contributed by atoms with van der Waals surface area (Å²) in [5.41, 5.74) is 2.29. The zero-order chi connectivity index (χ0) is 11.3. The molecule has 15 heavy (non-hydrogen) atoms. The molecule has 0 radical (unpaired) electrons. The molecule has 1 rings (SSSR count). The van der Waals surface area contributed by atoms with Crippen molar-refractivity contribution in [2.75, 3.05) is 17.7 Å². The molecule has 0 bridgehead atoms. The van der Waals surface area contributed by atoms with E-state index in [4.69, 9.17) is 11.6 Å². The number of allylic oxidation sites excluding steroid dienone is 1. The Morgan fingerprint density at radius 2 is 1.87 bits per heavy atom. The van der Waals surface area contributed by atoms with E-state index in [1.807, 2.05) is 12.2 Å². The molecule has 1 aromatic rings. The second kappa shape index (κ2) is 6.56. The predicted octanol–water partition coefficient (Wildman–Crippen LogP) is 4.73. The van der Waals surface area contributed by atoms with Gasteiger partial charge in [0.2, 0.25) is 0 Å². The summed E-state index contributed by atoms with van der Waals surface area (Å²) in [4.78, 5) is 0. The average molecular weight is 353 g/mol. The van der Waals surface area contributed by atoms with E-state index in [-0.39, 0.29) is 0 Å². The topological polar surface area (TPSA) is 12.0 Å². The third-order valence-electron chi connectivity index (χ3n) is 1.84. The number of hydrogen-bond donors (Lipinski definition) is 1. The van der Waals surface area contributed by atoms with E-state index >= 15 is 0 Å². The van der Waals surface area contributed by atoms with Crippen LogP contribution in [0.2, 0.25) is 0 Å². The molecule has 1 N–H and O–H groups in total. The van der Waals surface area contributed by atoms with Crippen molar-refractivity contribution in [2.24, 2.45) is 0 Å². The van der Waals surface area contributed by atoms with Crippen molar-refractivity contribution in [2.45, 2.75) is 6.92 Å². The zero-order valence-electron chi connectivity index (χ0n) is 8.36. The lowest BCUT2D eigenvalue weighted by atomic mass is 10.2. The maximum atomic E-state index is 5.53. The number of rotatable bonds is 4. The highest BCUT2D eigenvalue weighted by Crippen LogP contribution is 2.32. The maximum Gasteiger partial charge on any atom is 0.0631 e. The Kier molecular flexibility index (Phi) is 5.72. The summed E-state index contributed by atoms with van der Waals surface area (Å²) >= 11 is 12.6. The van der Waals surface area contributed by atoms with E-state index in [1.165, 1.54) is 5.56 Å². The van der Waals surface area contributed by atoms with Crippen LogP contribution in [0.15, 0.2) is 33.2 Å². The Hall–Kier alpha value is 0.01000. The third kappa shape index (κ3) is 4.17. The Bertz CT molecular complexity index is 341. The lowest BCUT2D eigenvalue weighted by molar-refractivity contribution is 1.29. The first-order valence-electron chi connectivity index (χ1n) is 4.55. The molecular weight excluding hydrogens is 341 g/mol. The molecule has 0 saturated heterocycles. The molecule has 82 valence electrons.